The van der Waals surface area contributed by atoms with Gasteiger partial charge in [-0.1, -0.05) is 6.07 Å². The fraction of sp³-hybridized carbons (Fsp3) is 0.333. The van der Waals surface area contributed by atoms with Crippen molar-refractivity contribution >= 4 is 33.2 Å². The number of pyridine rings is 1. The zero-order chi connectivity index (χ0) is 19.8. The van der Waals surface area contributed by atoms with E-state index in [-0.39, 0.29) is 11.3 Å². The SMILES string of the molecule is COc1ccc2c(c1)/C(=C/C(=O)c1cnc(N(C)C)c(Br)c1)NC(C)(C)C2. The molecular weight excluding hydrogens is 406 g/mol. The van der Waals surface area contributed by atoms with Gasteiger partial charge in [0.25, 0.3) is 0 Å². The number of rotatable bonds is 4. The van der Waals surface area contributed by atoms with Gasteiger partial charge in [0.05, 0.1) is 11.6 Å². The van der Waals surface area contributed by atoms with Crippen molar-refractivity contribution in [1.82, 2.24) is 10.3 Å². The molecular formula is C21H24BrN3O2. The number of fused-ring (bicyclic) bond motifs is 1. The molecule has 2 aromatic rings. The van der Waals surface area contributed by atoms with E-state index in [0.29, 0.717) is 5.56 Å². The average molecular weight is 430 g/mol. The number of ether oxygens (including phenoxy) is 1. The Labute approximate surface area is 168 Å². The molecule has 1 N–H and O–H groups in total. The van der Waals surface area contributed by atoms with Crippen molar-refractivity contribution in [2.24, 2.45) is 0 Å². The molecule has 0 fully saturated rings. The summed E-state index contributed by atoms with van der Waals surface area (Å²) in [6.45, 7) is 4.25. The van der Waals surface area contributed by atoms with Crippen LogP contribution in [0.1, 0.15) is 35.3 Å². The highest BCUT2D eigenvalue weighted by Gasteiger charge is 2.28. The first-order chi connectivity index (χ1) is 12.7. The molecule has 0 saturated heterocycles. The molecule has 6 heteroatoms. The molecule has 5 nitrogen and oxygen atoms in total. The van der Waals surface area contributed by atoms with Gasteiger partial charge in [-0.15, -0.1) is 0 Å². The van der Waals surface area contributed by atoms with Gasteiger partial charge in [-0.05, 0) is 60.0 Å². The highest BCUT2D eigenvalue weighted by Crippen LogP contribution is 2.32. The van der Waals surface area contributed by atoms with E-state index >= 15 is 0 Å². The van der Waals surface area contributed by atoms with Crippen LogP contribution in [0.5, 0.6) is 5.75 Å². The first kappa shape index (κ1) is 19.4. The molecule has 27 heavy (non-hydrogen) atoms. The van der Waals surface area contributed by atoms with Crippen molar-refractivity contribution in [3.8, 4) is 5.75 Å². The molecule has 0 atom stereocenters. The lowest BCUT2D eigenvalue weighted by atomic mass is 9.85. The van der Waals surface area contributed by atoms with Gasteiger partial charge in [-0.25, -0.2) is 4.98 Å². The number of halogens is 1. The van der Waals surface area contributed by atoms with Gasteiger partial charge in [0.1, 0.15) is 11.6 Å². The summed E-state index contributed by atoms with van der Waals surface area (Å²) in [6, 6.07) is 7.81. The molecule has 0 saturated carbocycles. The monoisotopic (exact) mass is 429 g/mol. The van der Waals surface area contributed by atoms with E-state index in [0.717, 1.165) is 33.7 Å². The fourth-order valence-electron chi connectivity index (χ4n) is 3.26. The van der Waals surface area contributed by atoms with Crippen molar-refractivity contribution in [1.29, 1.82) is 0 Å². The summed E-state index contributed by atoms with van der Waals surface area (Å²) in [5.74, 6) is 1.46. The van der Waals surface area contributed by atoms with Crippen LogP contribution in [0, 0.1) is 0 Å². The van der Waals surface area contributed by atoms with E-state index in [1.165, 1.54) is 5.56 Å². The van der Waals surface area contributed by atoms with Crippen molar-refractivity contribution in [3.63, 3.8) is 0 Å². The molecule has 0 bridgehead atoms. The Hall–Kier alpha value is -2.34. The number of allylic oxidation sites excluding steroid dienone is 1. The third kappa shape index (κ3) is 4.16. The fourth-order valence-corrected chi connectivity index (χ4v) is 3.97. The van der Waals surface area contributed by atoms with Crippen LogP contribution in [0.3, 0.4) is 0 Å². The first-order valence-electron chi connectivity index (χ1n) is 8.74. The van der Waals surface area contributed by atoms with Crippen molar-refractivity contribution < 1.29 is 9.53 Å². The van der Waals surface area contributed by atoms with Crippen molar-refractivity contribution in [2.45, 2.75) is 25.8 Å². The minimum absolute atomic E-state index is 0.0949. The second kappa shape index (κ2) is 7.35. The Balaban J connectivity index is 2.01. The lowest BCUT2D eigenvalue weighted by Gasteiger charge is -2.35. The number of nitrogens with one attached hydrogen (secondary N) is 1. The highest BCUT2D eigenvalue weighted by molar-refractivity contribution is 9.10. The topological polar surface area (TPSA) is 54.5 Å². The normalized spacial score (nSPS) is 16.4. The standard InChI is InChI=1S/C21H24BrN3O2/c1-21(2)11-13-6-7-15(27-5)9-16(13)18(24-21)10-19(26)14-8-17(22)20(23-12-14)25(3)4/h6-10,12,24H,11H2,1-5H3/b18-10-. The van der Waals surface area contributed by atoms with Crippen LogP contribution in [0.25, 0.3) is 5.70 Å². The van der Waals surface area contributed by atoms with Crippen LogP contribution in [0.2, 0.25) is 0 Å². The summed E-state index contributed by atoms with van der Waals surface area (Å²) in [4.78, 5) is 19.2. The number of hydrogen-bond acceptors (Lipinski definition) is 5. The van der Waals surface area contributed by atoms with Crippen LogP contribution in [-0.2, 0) is 6.42 Å². The maximum absolute atomic E-state index is 12.9. The summed E-state index contributed by atoms with van der Waals surface area (Å²) < 4.78 is 6.15. The van der Waals surface area contributed by atoms with E-state index in [2.05, 4.69) is 46.1 Å². The van der Waals surface area contributed by atoms with Gasteiger partial charge in [0.2, 0.25) is 0 Å². The maximum Gasteiger partial charge on any atom is 0.189 e. The number of carbonyl (C=O) groups is 1. The minimum Gasteiger partial charge on any atom is -0.497 e. The average Bonchev–Trinajstić information content (AvgIpc) is 2.60. The number of methoxy groups -OCH3 is 1. The molecule has 0 radical (unpaired) electrons. The summed E-state index contributed by atoms with van der Waals surface area (Å²) >= 11 is 3.49. The van der Waals surface area contributed by atoms with Crippen LogP contribution < -0.4 is 15.0 Å². The van der Waals surface area contributed by atoms with Crippen LogP contribution in [0.15, 0.2) is 41.0 Å². The molecule has 0 aliphatic carbocycles. The van der Waals surface area contributed by atoms with E-state index in [1.807, 2.05) is 37.2 Å². The summed E-state index contributed by atoms with van der Waals surface area (Å²) in [7, 11) is 5.47. The van der Waals surface area contributed by atoms with Gasteiger partial charge < -0.3 is 15.0 Å². The second-order valence-corrected chi connectivity index (χ2v) is 8.41. The highest BCUT2D eigenvalue weighted by atomic mass is 79.9. The van der Waals surface area contributed by atoms with Gasteiger partial charge in [0, 0.05) is 48.7 Å². The quantitative estimate of drug-likeness (QED) is 0.586. The van der Waals surface area contributed by atoms with Crippen molar-refractivity contribution in [3.05, 3.63) is 57.7 Å². The molecule has 1 aromatic heterocycles. The molecule has 0 spiro atoms. The van der Waals surface area contributed by atoms with Gasteiger partial charge in [-0.2, -0.15) is 0 Å². The predicted molar refractivity (Wildman–Crippen MR) is 112 cm³/mol. The third-order valence-electron chi connectivity index (χ3n) is 4.52. The first-order valence-corrected chi connectivity index (χ1v) is 9.54. The zero-order valence-electron chi connectivity index (χ0n) is 16.3. The molecule has 1 aliphatic rings. The lowest BCUT2D eigenvalue weighted by molar-refractivity contribution is 0.104. The molecule has 2 heterocycles. The molecule has 0 unspecified atom stereocenters. The second-order valence-electron chi connectivity index (χ2n) is 7.55. The Morgan fingerprint density at radius 2 is 2.07 bits per heavy atom. The Morgan fingerprint density at radius 1 is 1.33 bits per heavy atom. The third-order valence-corrected chi connectivity index (χ3v) is 5.10. The van der Waals surface area contributed by atoms with E-state index in [9.17, 15) is 4.79 Å². The lowest BCUT2D eigenvalue weighted by Crippen LogP contribution is -2.43. The molecule has 0 amide bonds. The summed E-state index contributed by atoms with van der Waals surface area (Å²) in [5, 5.41) is 3.49. The minimum atomic E-state index is -0.138. The number of nitrogens with zero attached hydrogens (tertiary/aromatic N) is 2. The molecule has 3 rings (SSSR count). The van der Waals surface area contributed by atoms with E-state index in [4.69, 9.17) is 4.74 Å². The Bertz CT molecular complexity index is 920. The number of aromatic nitrogens is 1. The van der Waals surface area contributed by atoms with Gasteiger partial charge in [0.15, 0.2) is 5.78 Å². The number of anilines is 1. The summed E-state index contributed by atoms with van der Waals surface area (Å²) in [5.41, 5.74) is 3.40. The Morgan fingerprint density at radius 3 is 2.70 bits per heavy atom. The number of hydrogen-bond donors (Lipinski definition) is 1. The van der Waals surface area contributed by atoms with Crippen molar-refractivity contribution in [2.75, 3.05) is 26.1 Å². The van der Waals surface area contributed by atoms with Crippen LogP contribution in [-0.4, -0.2) is 37.5 Å². The van der Waals surface area contributed by atoms with Crippen LogP contribution in [0.4, 0.5) is 5.82 Å². The summed E-state index contributed by atoms with van der Waals surface area (Å²) in [6.07, 6.45) is 4.14. The smallest absolute Gasteiger partial charge is 0.189 e. The molecule has 142 valence electrons. The number of carbonyl (C=O) groups excluding carboxylic acids is 1. The number of benzene rings is 1. The molecule has 1 aliphatic heterocycles. The predicted octanol–water partition coefficient (Wildman–Crippen LogP) is 4.07. The largest absolute Gasteiger partial charge is 0.497 e. The van der Waals surface area contributed by atoms with Gasteiger partial charge >= 0.3 is 0 Å². The maximum atomic E-state index is 12.9. The van der Waals surface area contributed by atoms with E-state index < -0.39 is 0 Å². The van der Waals surface area contributed by atoms with Crippen LogP contribution >= 0.6 is 15.9 Å². The van der Waals surface area contributed by atoms with E-state index in [1.54, 1.807) is 19.4 Å². The zero-order valence-corrected chi connectivity index (χ0v) is 17.8. The Kier molecular flexibility index (Phi) is 5.29. The number of ketones is 1. The van der Waals surface area contributed by atoms with Gasteiger partial charge in [-0.3, -0.25) is 4.79 Å². The molecule has 1 aromatic carbocycles.